The number of hydrogen-bond donors (Lipinski definition) is 6. The Kier molecular flexibility index (Phi) is 9.73. The van der Waals surface area contributed by atoms with Crippen molar-refractivity contribution in [3.05, 3.63) is 65.0 Å². The molecule has 0 radical (unpaired) electrons. The van der Waals surface area contributed by atoms with Crippen LogP contribution in [0.3, 0.4) is 0 Å². The Morgan fingerprint density at radius 1 is 0.971 bits per heavy atom. The molecule has 2 rings (SSSR count). The largest absolute Gasteiger partial charge is 0.508 e. The van der Waals surface area contributed by atoms with Gasteiger partial charge in [-0.05, 0) is 46.7 Å². The first-order valence-electron chi connectivity index (χ1n) is 11.2. The number of rotatable bonds is 10. The third-order valence-corrected chi connectivity index (χ3v) is 5.34. The second-order valence-electron chi connectivity index (χ2n) is 9.28. The number of phenols is 1. The Balaban J connectivity index is 2.00. The van der Waals surface area contributed by atoms with Crippen molar-refractivity contribution < 1.29 is 29.0 Å². The number of aliphatic hydroxyl groups is 1. The van der Waals surface area contributed by atoms with Crippen molar-refractivity contribution >= 4 is 17.7 Å². The molecule has 0 heterocycles. The van der Waals surface area contributed by atoms with Crippen LogP contribution in [0.1, 0.15) is 37.5 Å². The lowest BCUT2D eigenvalue weighted by atomic mass is 9.84. The van der Waals surface area contributed by atoms with Crippen LogP contribution < -0.4 is 21.7 Å². The standard InChI is InChI=1S/C25H33FN4O5/c1-25(2,3)18-10-16(6-9-21(18)32)12-20(24(35)29-14-31)30-22(33)13-28-23(34)19(27)11-15-4-7-17(26)8-5-15/h4-10,19-20,31-32H,11-14,27H2,1-3H3,(H,28,34)(H,29,35)(H,30,33)/t19-,20-/m0/s1. The second-order valence-corrected chi connectivity index (χ2v) is 9.28. The van der Waals surface area contributed by atoms with Gasteiger partial charge >= 0.3 is 0 Å². The fourth-order valence-electron chi connectivity index (χ4n) is 3.47. The average molecular weight is 489 g/mol. The molecule has 0 aliphatic heterocycles. The van der Waals surface area contributed by atoms with Crippen LogP contribution >= 0.6 is 0 Å². The third kappa shape index (κ3) is 8.66. The van der Waals surface area contributed by atoms with E-state index in [2.05, 4.69) is 16.0 Å². The average Bonchev–Trinajstić information content (AvgIpc) is 2.79. The lowest BCUT2D eigenvalue weighted by molar-refractivity contribution is -0.130. The lowest BCUT2D eigenvalue weighted by Crippen LogP contribution is -2.52. The number of amides is 3. The summed E-state index contributed by atoms with van der Waals surface area (Å²) < 4.78 is 13.0. The monoisotopic (exact) mass is 488 g/mol. The molecule has 190 valence electrons. The van der Waals surface area contributed by atoms with E-state index in [9.17, 15) is 23.9 Å². The van der Waals surface area contributed by atoms with Gasteiger partial charge in [-0.2, -0.15) is 0 Å². The number of aromatic hydroxyl groups is 1. The van der Waals surface area contributed by atoms with Crippen LogP contribution in [0.5, 0.6) is 5.75 Å². The van der Waals surface area contributed by atoms with E-state index in [0.717, 1.165) is 0 Å². The van der Waals surface area contributed by atoms with Crippen LogP contribution in [-0.4, -0.2) is 53.3 Å². The minimum Gasteiger partial charge on any atom is -0.508 e. The van der Waals surface area contributed by atoms with Crippen molar-refractivity contribution in [2.75, 3.05) is 13.3 Å². The molecule has 0 aliphatic carbocycles. The summed E-state index contributed by atoms with van der Waals surface area (Å²) in [5.41, 5.74) is 7.58. The van der Waals surface area contributed by atoms with E-state index in [4.69, 9.17) is 10.8 Å². The molecule has 2 atom stereocenters. The minimum atomic E-state index is -1.03. The van der Waals surface area contributed by atoms with Crippen LogP contribution in [0.15, 0.2) is 42.5 Å². The smallest absolute Gasteiger partial charge is 0.244 e. The number of halogens is 1. The molecular formula is C25H33FN4O5. The molecule has 2 aromatic rings. The van der Waals surface area contributed by atoms with Gasteiger partial charge in [-0.3, -0.25) is 14.4 Å². The topological polar surface area (TPSA) is 154 Å². The summed E-state index contributed by atoms with van der Waals surface area (Å²) in [4.78, 5) is 37.2. The highest BCUT2D eigenvalue weighted by Crippen LogP contribution is 2.31. The number of nitrogens with two attached hydrogens (primary N) is 1. The highest BCUT2D eigenvalue weighted by atomic mass is 19.1. The Morgan fingerprint density at radius 2 is 1.60 bits per heavy atom. The first-order valence-corrected chi connectivity index (χ1v) is 11.2. The Morgan fingerprint density at radius 3 is 2.20 bits per heavy atom. The molecule has 0 bridgehead atoms. The zero-order valence-corrected chi connectivity index (χ0v) is 20.1. The molecule has 0 fully saturated rings. The van der Waals surface area contributed by atoms with Gasteiger partial charge < -0.3 is 31.9 Å². The molecule has 10 heteroatoms. The van der Waals surface area contributed by atoms with Gasteiger partial charge in [0.15, 0.2) is 0 Å². The predicted molar refractivity (Wildman–Crippen MR) is 129 cm³/mol. The number of nitrogens with one attached hydrogen (secondary N) is 3. The quantitative estimate of drug-likeness (QED) is 0.269. The van der Waals surface area contributed by atoms with E-state index in [1.165, 1.54) is 30.3 Å². The summed E-state index contributed by atoms with van der Waals surface area (Å²) >= 11 is 0. The zero-order valence-electron chi connectivity index (χ0n) is 20.1. The fourth-order valence-corrected chi connectivity index (χ4v) is 3.47. The summed E-state index contributed by atoms with van der Waals surface area (Å²) in [6.45, 7) is 4.79. The maximum Gasteiger partial charge on any atom is 0.244 e. The zero-order chi connectivity index (χ0) is 26.2. The molecule has 0 saturated heterocycles. The van der Waals surface area contributed by atoms with E-state index >= 15 is 0 Å². The SMILES string of the molecule is CC(C)(C)c1cc(C[C@H](NC(=O)CNC(=O)[C@@H](N)Cc2ccc(F)cc2)C(=O)NCO)ccc1O. The number of benzene rings is 2. The first-order chi connectivity index (χ1) is 16.4. The van der Waals surface area contributed by atoms with Gasteiger partial charge in [-0.25, -0.2) is 4.39 Å². The van der Waals surface area contributed by atoms with Crippen molar-refractivity contribution in [3.63, 3.8) is 0 Å². The van der Waals surface area contributed by atoms with Crippen molar-refractivity contribution in [1.82, 2.24) is 16.0 Å². The molecule has 9 nitrogen and oxygen atoms in total. The number of carbonyl (C=O) groups excluding carboxylic acids is 3. The van der Waals surface area contributed by atoms with Gasteiger partial charge in [-0.15, -0.1) is 0 Å². The van der Waals surface area contributed by atoms with Crippen LogP contribution in [0.25, 0.3) is 0 Å². The van der Waals surface area contributed by atoms with Crippen LogP contribution in [0, 0.1) is 5.82 Å². The predicted octanol–water partition coefficient (Wildman–Crippen LogP) is 0.608. The molecule has 0 aromatic heterocycles. The van der Waals surface area contributed by atoms with Gasteiger partial charge in [0.1, 0.15) is 24.3 Å². The summed E-state index contributed by atoms with van der Waals surface area (Å²) in [5.74, 6) is -2.08. The van der Waals surface area contributed by atoms with E-state index in [-0.39, 0.29) is 24.0 Å². The van der Waals surface area contributed by atoms with E-state index in [1.54, 1.807) is 12.1 Å². The molecule has 7 N–H and O–H groups in total. The van der Waals surface area contributed by atoms with Gasteiger partial charge in [-0.1, -0.05) is 45.0 Å². The lowest BCUT2D eigenvalue weighted by Gasteiger charge is -2.23. The fraction of sp³-hybridized carbons (Fsp3) is 0.400. The van der Waals surface area contributed by atoms with E-state index in [1.807, 2.05) is 20.8 Å². The number of carbonyl (C=O) groups is 3. The molecule has 2 aromatic carbocycles. The number of aliphatic hydroxyl groups excluding tert-OH is 1. The molecule has 35 heavy (non-hydrogen) atoms. The number of phenolic OH excluding ortho intramolecular Hbond substituents is 1. The Hall–Kier alpha value is -3.50. The summed E-state index contributed by atoms with van der Waals surface area (Å²) in [7, 11) is 0. The van der Waals surface area contributed by atoms with Crippen LogP contribution in [-0.2, 0) is 32.6 Å². The van der Waals surface area contributed by atoms with Crippen LogP contribution in [0.2, 0.25) is 0 Å². The third-order valence-electron chi connectivity index (χ3n) is 5.34. The van der Waals surface area contributed by atoms with Crippen molar-refractivity contribution in [3.8, 4) is 5.75 Å². The van der Waals surface area contributed by atoms with Gasteiger partial charge in [0, 0.05) is 6.42 Å². The van der Waals surface area contributed by atoms with E-state index < -0.39 is 48.9 Å². The van der Waals surface area contributed by atoms with Gasteiger partial charge in [0.05, 0.1) is 12.6 Å². The van der Waals surface area contributed by atoms with Crippen LogP contribution in [0.4, 0.5) is 4.39 Å². The molecule has 3 amide bonds. The highest BCUT2D eigenvalue weighted by Gasteiger charge is 2.24. The summed E-state index contributed by atoms with van der Waals surface area (Å²) in [6, 6.07) is 8.53. The second kappa shape index (κ2) is 12.3. The molecular weight excluding hydrogens is 455 g/mol. The highest BCUT2D eigenvalue weighted by molar-refractivity contribution is 5.91. The molecule has 0 unspecified atom stereocenters. The van der Waals surface area contributed by atoms with Gasteiger partial charge in [0.25, 0.3) is 0 Å². The maximum absolute atomic E-state index is 13.0. The Bertz CT molecular complexity index is 1040. The first kappa shape index (κ1) is 27.7. The molecule has 0 saturated carbocycles. The van der Waals surface area contributed by atoms with Crippen molar-refractivity contribution in [2.45, 2.75) is 51.1 Å². The summed E-state index contributed by atoms with van der Waals surface area (Å²) in [6.07, 6.45) is 0.255. The Labute approximate surface area is 203 Å². The summed E-state index contributed by atoms with van der Waals surface area (Å²) in [5, 5.41) is 26.5. The minimum absolute atomic E-state index is 0.0962. The number of hydrogen-bond acceptors (Lipinski definition) is 6. The normalized spacial score (nSPS) is 13.0. The molecule has 0 spiro atoms. The van der Waals surface area contributed by atoms with Crippen molar-refractivity contribution in [1.29, 1.82) is 0 Å². The maximum atomic E-state index is 13.0. The van der Waals surface area contributed by atoms with Gasteiger partial charge in [0.2, 0.25) is 17.7 Å². The van der Waals surface area contributed by atoms with Crippen molar-refractivity contribution in [2.24, 2.45) is 5.73 Å². The van der Waals surface area contributed by atoms with E-state index in [0.29, 0.717) is 16.7 Å². The molecule has 0 aliphatic rings.